The third-order valence-corrected chi connectivity index (χ3v) is 7.44. The van der Waals surface area contributed by atoms with Crippen LogP contribution >= 0.6 is 11.6 Å². The van der Waals surface area contributed by atoms with E-state index in [-0.39, 0.29) is 37.0 Å². The number of fused-ring (bicyclic) bond motifs is 1. The lowest BCUT2D eigenvalue weighted by atomic mass is 10.1. The van der Waals surface area contributed by atoms with E-state index in [1.807, 2.05) is 56.4 Å². The van der Waals surface area contributed by atoms with Gasteiger partial charge in [0.25, 0.3) is 11.5 Å². The number of esters is 1. The lowest BCUT2D eigenvalue weighted by Crippen LogP contribution is -2.45. The van der Waals surface area contributed by atoms with Crippen LogP contribution in [0.2, 0.25) is 5.02 Å². The first-order valence-electron chi connectivity index (χ1n) is 13.3. The summed E-state index contributed by atoms with van der Waals surface area (Å²) in [7, 11) is 1.95. The molecule has 8 nitrogen and oxygen atoms in total. The highest BCUT2D eigenvalue weighted by Crippen LogP contribution is 2.27. The zero-order valence-corrected chi connectivity index (χ0v) is 23.3. The predicted octanol–water partition coefficient (Wildman–Crippen LogP) is 4.47. The molecule has 3 aromatic carbocycles. The monoisotopic (exact) mass is 558 g/mol. The molecule has 0 spiro atoms. The molecular formula is C31H31ClN4O4. The van der Waals surface area contributed by atoms with E-state index >= 15 is 0 Å². The van der Waals surface area contributed by atoms with Crippen LogP contribution in [0.5, 0.6) is 0 Å². The van der Waals surface area contributed by atoms with Gasteiger partial charge in [0.1, 0.15) is 12.4 Å². The van der Waals surface area contributed by atoms with Crippen molar-refractivity contribution in [2.75, 3.05) is 33.3 Å². The van der Waals surface area contributed by atoms with Gasteiger partial charge >= 0.3 is 5.97 Å². The quantitative estimate of drug-likeness (QED) is 0.344. The fraction of sp³-hybridized carbons (Fsp3) is 0.290. The summed E-state index contributed by atoms with van der Waals surface area (Å²) in [6.45, 7) is 3.71. The number of hydrogen-bond acceptors (Lipinski definition) is 6. The Labute approximate surface area is 237 Å². The zero-order valence-electron chi connectivity index (χ0n) is 22.5. The molecule has 1 atom stereocenters. The first kappa shape index (κ1) is 27.6. The van der Waals surface area contributed by atoms with Crippen LogP contribution in [-0.4, -0.2) is 64.5 Å². The Balaban J connectivity index is 1.73. The Hall–Kier alpha value is -4.01. The van der Waals surface area contributed by atoms with Crippen LogP contribution in [-0.2, 0) is 16.1 Å². The highest BCUT2D eigenvalue weighted by Gasteiger charge is 2.38. The molecule has 1 fully saturated rings. The third-order valence-electron chi connectivity index (χ3n) is 7.20. The number of benzene rings is 3. The Bertz CT molecular complexity index is 1600. The summed E-state index contributed by atoms with van der Waals surface area (Å²) in [5.74, 6) is -0.813. The van der Waals surface area contributed by atoms with Gasteiger partial charge in [0.15, 0.2) is 6.04 Å². The smallest absolute Gasteiger partial charge is 0.336 e. The maximum Gasteiger partial charge on any atom is 0.336 e. The molecule has 0 saturated carbocycles. The van der Waals surface area contributed by atoms with Gasteiger partial charge in [-0.05, 0) is 62.3 Å². The molecule has 40 heavy (non-hydrogen) atoms. The first-order valence-corrected chi connectivity index (χ1v) is 13.7. The molecule has 0 bridgehead atoms. The Morgan fingerprint density at radius 3 is 2.52 bits per heavy atom. The summed E-state index contributed by atoms with van der Waals surface area (Å²) < 4.78 is 7.21. The van der Waals surface area contributed by atoms with E-state index in [4.69, 9.17) is 21.3 Å². The van der Waals surface area contributed by atoms with Gasteiger partial charge in [-0.1, -0.05) is 60.1 Å². The second-order valence-electron chi connectivity index (χ2n) is 10.0. The van der Waals surface area contributed by atoms with Crippen LogP contribution < -0.4 is 5.56 Å². The largest absolute Gasteiger partial charge is 0.462 e. The number of ether oxygens (including phenoxy) is 1. The topological polar surface area (TPSA) is 84.7 Å². The summed E-state index contributed by atoms with van der Waals surface area (Å²) >= 11 is 6.28. The maximum absolute atomic E-state index is 14.1. The molecule has 9 heteroatoms. The second kappa shape index (κ2) is 12.0. The molecule has 206 valence electrons. The maximum atomic E-state index is 14.1. The number of carbonyl (C=O) groups excluding carboxylic acids is 2. The molecule has 1 saturated heterocycles. The number of nitrogens with zero attached hydrogens (tertiary/aromatic N) is 4. The fourth-order valence-corrected chi connectivity index (χ4v) is 5.20. The van der Waals surface area contributed by atoms with Crippen LogP contribution in [0.4, 0.5) is 0 Å². The Morgan fingerprint density at radius 1 is 1.00 bits per heavy atom. The summed E-state index contributed by atoms with van der Waals surface area (Å²) in [4.78, 5) is 50.4. The number of aromatic nitrogens is 2. The minimum absolute atomic E-state index is 0.143. The van der Waals surface area contributed by atoms with E-state index in [1.165, 1.54) is 9.47 Å². The van der Waals surface area contributed by atoms with E-state index in [2.05, 4.69) is 4.90 Å². The van der Waals surface area contributed by atoms with Gasteiger partial charge in [0, 0.05) is 23.7 Å². The van der Waals surface area contributed by atoms with Crippen molar-refractivity contribution in [3.8, 4) is 0 Å². The van der Waals surface area contributed by atoms with Crippen molar-refractivity contribution in [3.05, 3.63) is 111 Å². The van der Waals surface area contributed by atoms with Crippen LogP contribution in [0.25, 0.3) is 10.9 Å². The average molecular weight is 559 g/mol. The predicted molar refractivity (Wildman–Crippen MR) is 155 cm³/mol. The van der Waals surface area contributed by atoms with Gasteiger partial charge in [-0.2, -0.15) is 0 Å². The van der Waals surface area contributed by atoms with Gasteiger partial charge in [-0.15, -0.1) is 0 Å². The number of aryl methyl sites for hydroxylation is 1. The van der Waals surface area contributed by atoms with Crippen molar-refractivity contribution in [1.29, 1.82) is 0 Å². The van der Waals surface area contributed by atoms with Crippen molar-refractivity contribution in [3.63, 3.8) is 0 Å². The molecule has 1 aliphatic heterocycles. The van der Waals surface area contributed by atoms with Crippen LogP contribution in [0.3, 0.4) is 0 Å². The molecule has 0 aliphatic carbocycles. The molecule has 4 aromatic rings. The number of amides is 1. The highest BCUT2D eigenvalue weighted by molar-refractivity contribution is 6.31. The van der Waals surface area contributed by atoms with Crippen molar-refractivity contribution in [2.45, 2.75) is 25.9 Å². The van der Waals surface area contributed by atoms with Gasteiger partial charge in [0.2, 0.25) is 0 Å². The number of carbonyl (C=O) groups is 2. The van der Waals surface area contributed by atoms with Crippen molar-refractivity contribution in [2.24, 2.45) is 0 Å². The highest BCUT2D eigenvalue weighted by atomic mass is 35.5. The van der Waals surface area contributed by atoms with E-state index < -0.39 is 12.0 Å². The lowest BCUT2D eigenvalue weighted by molar-refractivity contribution is -0.150. The molecule has 2 heterocycles. The molecule has 5 rings (SSSR count). The summed E-state index contributed by atoms with van der Waals surface area (Å²) in [6.07, 6.45) is 0.625. The normalized spacial score (nSPS) is 17.0. The van der Waals surface area contributed by atoms with E-state index in [0.29, 0.717) is 41.0 Å². The number of cyclic esters (lactones) is 1. The standard InChI is InChI=1S/C31H31ClN4O4/c1-21-9-6-7-12-24(21)29(37)35-16-8-15-34(2)17-18-40-31(39)27(35)28-33-26-19-23(32)13-14-25(26)30(38)36(28)20-22-10-4-3-5-11-22/h3-7,9-14,19,27H,8,15-18,20H2,1-2H3. The van der Waals surface area contributed by atoms with E-state index in [0.717, 1.165) is 11.1 Å². The van der Waals surface area contributed by atoms with Crippen molar-refractivity contribution in [1.82, 2.24) is 19.4 Å². The van der Waals surface area contributed by atoms with Crippen molar-refractivity contribution < 1.29 is 14.3 Å². The minimum atomic E-state index is -1.24. The van der Waals surface area contributed by atoms with E-state index in [1.54, 1.807) is 30.3 Å². The van der Waals surface area contributed by atoms with Crippen LogP contribution in [0.15, 0.2) is 77.6 Å². The molecule has 0 N–H and O–H groups in total. The van der Waals surface area contributed by atoms with Gasteiger partial charge in [-0.3, -0.25) is 14.2 Å². The number of rotatable bonds is 4. The van der Waals surface area contributed by atoms with Crippen LogP contribution in [0.1, 0.15) is 39.8 Å². The first-order chi connectivity index (χ1) is 19.3. The SMILES string of the molecule is Cc1ccccc1C(=O)N1CCCN(C)CCOC(=O)C1c1nc2cc(Cl)ccc2c(=O)n1Cc1ccccc1. The number of likely N-dealkylation sites (N-methyl/N-ethyl adjacent to an activating group) is 1. The Kier molecular flexibility index (Phi) is 8.28. The average Bonchev–Trinajstić information content (AvgIpc) is 2.94. The minimum Gasteiger partial charge on any atom is -0.462 e. The van der Waals surface area contributed by atoms with Crippen LogP contribution in [0, 0.1) is 6.92 Å². The molecule has 1 unspecified atom stereocenters. The summed E-state index contributed by atoms with van der Waals surface area (Å²) in [5.41, 5.74) is 2.14. The third kappa shape index (κ3) is 5.78. The lowest BCUT2D eigenvalue weighted by Gasteiger charge is -2.33. The summed E-state index contributed by atoms with van der Waals surface area (Å²) in [6, 6.07) is 20.4. The fourth-order valence-electron chi connectivity index (χ4n) is 5.03. The molecule has 1 aromatic heterocycles. The molecular weight excluding hydrogens is 528 g/mol. The molecule has 1 aliphatic rings. The molecule has 0 radical (unpaired) electrons. The number of halogens is 1. The Morgan fingerprint density at radius 2 is 1.75 bits per heavy atom. The van der Waals surface area contributed by atoms with Gasteiger partial charge in [-0.25, -0.2) is 9.78 Å². The zero-order chi connectivity index (χ0) is 28.2. The van der Waals surface area contributed by atoms with Crippen molar-refractivity contribution >= 4 is 34.4 Å². The number of hydrogen-bond donors (Lipinski definition) is 0. The second-order valence-corrected chi connectivity index (χ2v) is 10.5. The van der Waals surface area contributed by atoms with E-state index in [9.17, 15) is 14.4 Å². The van der Waals surface area contributed by atoms with Gasteiger partial charge in [0.05, 0.1) is 17.4 Å². The molecule has 1 amide bonds. The van der Waals surface area contributed by atoms with Gasteiger partial charge < -0.3 is 14.5 Å². The summed E-state index contributed by atoms with van der Waals surface area (Å²) in [5, 5.41) is 0.784.